The maximum Gasteiger partial charge on any atom is 0.416 e. The molecule has 0 bridgehead atoms. The Balaban J connectivity index is 2.13. The van der Waals surface area contributed by atoms with Crippen LogP contribution in [0.2, 0.25) is 0 Å². The number of hydrogen-bond donors (Lipinski definition) is 2. The summed E-state index contributed by atoms with van der Waals surface area (Å²) in [6.07, 6.45) is -3.42. The normalized spacial score (nSPS) is 18.6. The van der Waals surface area contributed by atoms with E-state index in [0.29, 0.717) is 18.2 Å². The highest BCUT2D eigenvalue weighted by Crippen LogP contribution is 2.32. The Morgan fingerprint density at radius 1 is 1.43 bits per heavy atom. The number of rotatable bonds is 4. The van der Waals surface area contributed by atoms with Crippen molar-refractivity contribution < 1.29 is 18.0 Å². The fraction of sp³-hybridized carbons (Fsp3) is 0.500. The van der Waals surface area contributed by atoms with Crippen molar-refractivity contribution >= 4 is 23.4 Å². The van der Waals surface area contributed by atoms with Crippen molar-refractivity contribution in [2.75, 3.05) is 30.4 Å². The number of alkyl halides is 3. The Hall–Kier alpha value is -1.37. The average Bonchev–Trinajstić information content (AvgIpc) is 2.96. The van der Waals surface area contributed by atoms with Gasteiger partial charge in [-0.15, -0.1) is 0 Å². The first-order valence-corrected chi connectivity index (χ1v) is 7.82. The van der Waals surface area contributed by atoms with Gasteiger partial charge in [-0.1, -0.05) is 0 Å². The van der Waals surface area contributed by atoms with Gasteiger partial charge < -0.3 is 10.6 Å². The Kier molecular flexibility index (Phi) is 5.03. The van der Waals surface area contributed by atoms with Crippen molar-refractivity contribution in [2.24, 2.45) is 5.92 Å². The molecule has 0 saturated carbocycles. The summed E-state index contributed by atoms with van der Waals surface area (Å²) < 4.78 is 38.2. The van der Waals surface area contributed by atoms with Crippen molar-refractivity contribution in [3.63, 3.8) is 0 Å². The van der Waals surface area contributed by atoms with Crippen LogP contribution in [0.15, 0.2) is 18.2 Å². The highest BCUT2D eigenvalue weighted by atomic mass is 32.2. The Morgan fingerprint density at radius 3 is 2.76 bits per heavy atom. The third-order valence-corrected chi connectivity index (χ3v) is 4.67. The van der Waals surface area contributed by atoms with Gasteiger partial charge in [0.15, 0.2) is 0 Å². The molecule has 1 unspecified atom stereocenters. The molecule has 7 heteroatoms. The van der Waals surface area contributed by atoms with E-state index >= 15 is 0 Å². The van der Waals surface area contributed by atoms with Gasteiger partial charge in [-0.25, -0.2) is 0 Å². The molecule has 1 saturated heterocycles. The Labute approximate surface area is 125 Å². The summed E-state index contributed by atoms with van der Waals surface area (Å²) in [6, 6.07) is 3.14. The molecular formula is C14H17F3N2OS. The van der Waals surface area contributed by atoms with E-state index in [9.17, 15) is 18.0 Å². The smallest absolute Gasteiger partial charge is 0.387 e. The lowest BCUT2D eigenvalue weighted by molar-refractivity contribution is -0.137. The van der Waals surface area contributed by atoms with Crippen molar-refractivity contribution in [3.8, 4) is 0 Å². The van der Waals surface area contributed by atoms with E-state index in [-0.39, 0.29) is 5.56 Å². The van der Waals surface area contributed by atoms with E-state index in [2.05, 4.69) is 10.6 Å². The SMILES string of the molecule is CNc1ccc(C(F)(F)F)cc1C(=O)NCC1CCSC1. The fourth-order valence-corrected chi connectivity index (χ4v) is 3.49. The third kappa shape index (κ3) is 4.06. The number of anilines is 1. The van der Waals surface area contributed by atoms with Crippen LogP contribution in [-0.2, 0) is 6.18 Å². The maximum atomic E-state index is 12.7. The summed E-state index contributed by atoms with van der Waals surface area (Å²) in [4.78, 5) is 12.1. The minimum atomic E-state index is -4.45. The molecule has 1 aliphatic heterocycles. The highest BCUT2D eigenvalue weighted by molar-refractivity contribution is 7.99. The zero-order chi connectivity index (χ0) is 15.5. The van der Waals surface area contributed by atoms with Crippen LogP contribution in [0.5, 0.6) is 0 Å². The molecule has 3 nitrogen and oxygen atoms in total. The number of hydrogen-bond acceptors (Lipinski definition) is 3. The topological polar surface area (TPSA) is 41.1 Å². The molecule has 0 spiro atoms. The second kappa shape index (κ2) is 6.60. The summed E-state index contributed by atoms with van der Waals surface area (Å²) in [5.41, 5.74) is -0.401. The van der Waals surface area contributed by atoms with Crippen LogP contribution in [0.25, 0.3) is 0 Å². The van der Waals surface area contributed by atoms with Crippen LogP contribution in [0.3, 0.4) is 0 Å². The molecule has 1 atom stereocenters. The van der Waals surface area contributed by atoms with Crippen molar-refractivity contribution in [3.05, 3.63) is 29.3 Å². The number of benzene rings is 1. The van der Waals surface area contributed by atoms with Crippen LogP contribution < -0.4 is 10.6 Å². The first kappa shape index (κ1) is 16.0. The van der Waals surface area contributed by atoms with Gasteiger partial charge in [0.2, 0.25) is 0 Å². The largest absolute Gasteiger partial charge is 0.416 e. The lowest BCUT2D eigenvalue weighted by atomic mass is 10.1. The summed E-state index contributed by atoms with van der Waals surface area (Å²) >= 11 is 1.83. The van der Waals surface area contributed by atoms with E-state index in [0.717, 1.165) is 30.1 Å². The van der Waals surface area contributed by atoms with Gasteiger partial charge in [0.1, 0.15) is 0 Å². The fourth-order valence-electron chi connectivity index (χ4n) is 2.20. The standard InChI is InChI=1S/C14H17F3N2OS/c1-18-12-3-2-10(14(15,16)17)6-11(12)13(20)19-7-9-4-5-21-8-9/h2-3,6,9,18H,4-5,7-8H2,1H3,(H,19,20). The molecule has 1 aliphatic rings. The lowest BCUT2D eigenvalue weighted by Crippen LogP contribution is -2.30. The van der Waals surface area contributed by atoms with Crippen LogP contribution in [0.4, 0.5) is 18.9 Å². The van der Waals surface area contributed by atoms with Gasteiger partial charge in [0.05, 0.1) is 11.1 Å². The first-order chi connectivity index (χ1) is 9.91. The zero-order valence-electron chi connectivity index (χ0n) is 11.6. The van der Waals surface area contributed by atoms with Gasteiger partial charge in [0.25, 0.3) is 5.91 Å². The molecule has 2 N–H and O–H groups in total. The van der Waals surface area contributed by atoms with Gasteiger partial charge in [-0.05, 0) is 42.0 Å². The van der Waals surface area contributed by atoms with Crippen LogP contribution in [0, 0.1) is 5.92 Å². The molecule has 1 fully saturated rings. The second-order valence-corrected chi connectivity index (χ2v) is 6.10. The number of carbonyl (C=O) groups excluding carboxylic acids is 1. The Morgan fingerprint density at radius 2 is 2.19 bits per heavy atom. The zero-order valence-corrected chi connectivity index (χ0v) is 12.4. The van der Waals surface area contributed by atoms with E-state index < -0.39 is 17.6 Å². The number of amides is 1. The molecule has 1 aromatic carbocycles. The van der Waals surface area contributed by atoms with Gasteiger partial charge in [-0.2, -0.15) is 24.9 Å². The molecule has 1 amide bonds. The van der Waals surface area contributed by atoms with Crippen LogP contribution in [0.1, 0.15) is 22.3 Å². The molecule has 0 radical (unpaired) electrons. The van der Waals surface area contributed by atoms with Gasteiger partial charge in [-0.3, -0.25) is 4.79 Å². The summed E-state index contributed by atoms with van der Waals surface area (Å²) in [5, 5.41) is 5.49. The minimum absolute atomic E-state index is 0.0259. The number of nitrogens with one attached hydrogen (secondary N) is 2. The van der Waals surface area contributed by atoms with E-state index in [1.807, 2.05) is 11.8 Å². The number of thioether (sulfide) groups is 1. The van der Waals surface area contributed by atoms with E-state index in [1.165, 1.54) is 6.07 Å². The predicted octanol–water partition coefficient (Wildman–Crippen LogP) is 3.23. The Bertz CT molecular complexity index is 513. The minimum Gasteiger partial charge on any atom is -0.387 e. The summed E-state index contributed by atoms with van der Waals surface area (Å²) in [5.74, 6) is 2.00. The monoisotopic (exact) mass is 318 g/mol. The molecular weight excluding hydrogens is 301 g/mol. The summed E-state index contributed by atoms with van der Waals surface area (Å²) in [7, 11) is 1.58. The lowest BCUT2D eigenvalue weighted by Gasteiger charge is -2.15. The molecule has 21 heavy (non-hydrogen) atoms. The molecule has 1 heterocycles. The maximum absolute atomic E-state index is 12.7. The van der Waals surface area contributed by atoms with Crippen LogP contribution in [-0.4, -0.2) is 31.0 Å². The number of carbonyl (C=O) groups is 1. The number of halogens is 3. The van der Waals surface area contributed by atoms with Crippen molar-refractivity contribution in [1.29, 1.82) is 0 Å². The summed E-state index contributed by atoms with van der Waals surface area (Å²) in [6.45, 7) is 0.505. The van der Waals surface area contributed by atoms with Crippen LogP contribution >= 0.6 is 11.8 Å². The molecule has 0 aliphatic carbocycles. The molecule has 1 aromatic rings. The van der Waals surface area contributed by atoms with E-state index in [1.54, 1.807) is 7.05 Å². The highest BCUT2D eigenvalue weighted by Gasteiger charge is 2.31. The third-order valence-electron chi connectivity index (χ3n) is 3.44. The molecule has 2 rings (SSSR count). The van der Waals surface area contributed by atoms with Crippen molar-refractivity contribution in [2.45, 2.75) is 12.6 Å². The van der Waals surface area contributed by atoms with Crippen molar-refractivity contribution in [1.82, 2.24) is 5.32 Å². The van der Waals surface area contributed by atoms with E-state index in [4.69, 9.17) is 0 Å². The molecule has 116 valence electrons. The van der Waals surface area contributed by atoms with Gasteiger partial charge >= 0.3 is 6.18 Å². The predicted molar refractivity (Wildman–Crippen MR) is 78.8 cm³/mol. The average molecular weight is 318 g/mol. The first-order valence-electron chi connectivity index (χ1n) is 6.66. The van der Waals surface area contributed by atoms with Gasteiger partial charge in [0, 0.05) is 19.3 Å². The quantitative estimate of drug-likeness (QED) is 0.895. The second-order valence-electron chi connectivity index (χ2n) is 4.95. The molecule has 0 aromatic heterocycles.